The van der Waals surface area contributed by atoms with Crippen LogP contribution >= 0.6 is 11.3 Å². The van der Waals surface area contributed by atoms with Crippen molar-refractivity contribution in [2.24, 2.45) is 0 Å². The van der Waals surface area contributed by atoms with E-state index in [0.717, 1.165) is 53.0 Å². The lowest BCUT2D eigenvalue weighted by Gasteiger charge is -2.36. The van der Waals surface area contributed by atoms with Crippen molar-refractivity contribution in [3.63, 3.8) is 0 Å². The fourth-order valence-electron chi connectivity index (χ4n) is 9.70. The summed E-state index contributed by atoms with van der Waals surface area (Å²) in [5, 5.41) is 8.58. The van der Waals surface area contributed by atoms with E-state index in [-0.39, 0.29) is 52.5 Å². The van der Waals surface area contributed by atoms with Crippen LogP contribution in [0.15, 0.2) is 185 Å². The van der Waals surface area contributed by atoms with Gasteiger partial charge in [0.05, 0.1) is 48.2 Å². The van der Waals surface area contributed by atoms with E-state index in [1.165, 1.54) is 53.3 Å². The van der Waals surface area contributed by atoms with E-state index >= 15 is 4.79 Å². The number of ether oxygens (including phenoxy) is 6. The highest BCUT2D eigenvalue weighted by Gasteiger charge is 2.44. The number of aryl methyl sites for hydroxylation is 1. The molecule has 0 aliphatic rings. The van der Waals surface area contributed by atoms with Crippen molar-refractivity contribution < 1.29 is 77.0 Å². The summed E-state index contributed by atoms with van der Waals surface area (Å²) in [6.07, 6.45) is -5.30. The highest BCUT2D eigenvalue weighted by atomic mass is 32.2. The minimum atomic E-state index is -4.68. The largest absolute Gasteiger partial charge is 0.497 e. The number of thiazole rings is 1. The van der Waals surface area contributed by atoms with Crippen molar-refractivity contribution in [3.8, 4) is 23.0 Å². The first-order chi connectivity index (χ1) is 43.3. The summed E-state index contributed by atoms with van der Waals surface area (Å²) in [6, 6.07) is 41.0. The summed E-state index contributed by atoms with van der Waals surface area (Å²) in [5.74, 6) is -0.451. The van der Waals surface area contributed by atoms with Gasteiger partial charge in [-0.1, -0.05) is 102 Å². The van der Waals surface area contributed by atoms with Gasteiger partial charge in [-0.2, -0.15) is 26.3 Å². The second kappa shape index (κ2) is 27.9. The second-order valence-corrected chi connectivity index (χ2v) is 26.2. The topological polar surface area (TPSA) is 243 Å². The predicted molar refractivity (Wildman–Crippen MR) is 330 cm³/mol. The number of fused-ring (bicyclic) bond motifs is 1. The molecule has 9 rings (SSSR count). The van der Waals surface area contributed by atoms with Crippen LogP contribution in [0.4, 0.5) is 18.0 Å². The number of carbonyl (C=O) groups excluding carboxylic acids is 3. The second-order valence-electron chi connectivity index (χ2n) is 21.7. The van der Waals surface area contributed by atoms with Crippen LogP contribution in [0.3, 0.4) is 0 Å². The number of amides is 2. The van der Waals surface area contributed by atoms with Crippen molar-refractivity contribution in [2.45, 2.75) is 85.8 Å². The first-order valence-electron chi connectivity index (χ1n) is 28.1. The molecule has 0 bridgehead atoms. The van der Waals surface area contributed by atoms with Crippen LogP contribution in [0.1, 0.15) is 71.5 Å². The van der Waals surface area contributed by atoms with Crippen LogP contribution in [0.2, 0.25) is 0 Å². The minimum absolute atomic E-state index is 0.0183. The Labute approximate surface area is 527 Å². The van der Waals surface area contributed by atoms with E-state index in [0.29, 0.717) is 54.6 Å². The SMILES string of the molecule is COC(=O)[C@H](Cc1ccc(C(F)(F)F)cc1)N(C(=O)OC(C)(C)C)C(=O)[C@H](Cc1ccc(OCCOS(=O)(=O)c2ccc(C)cc2)cc1)n1cc(COc2ccc3nc(S(=O)(=O)NC(c4ccccc4)(c4ccc(OC)cc4)c4ccc(OC)cc4)sc3c2)nn1. The molecule has 2 atom stereocenters. The number of nitrogens with zero attached hydrogens (tertiary/aromatic N) is 5. The molecule has 20 nitrogen and oxygen atoms in total. The summed E-state index contributed by atoms with van der Waals surface area (Å²) in [4.78, 5) is 48.7. The smallest absolute Gasteiger partial charge is 0.417 e. The van der Waals surface area contributed by atoms with Crippen molar-refractivity contribution >= 4 is 59.7 Å². The normalized spacial score (nSPS) is 12.8. The Hall–Kier alpha value is -9.21. The van der Waals surface area contributed by atoms with Gasteiger partial charge in [0.1, 0.15) is 71.7 Å². The molecule has 0 saturated heterocycles. The third kappa shape index (κ3) is 16.0. The Morgan fingerprint density at radius 3 is 1.80 bits per heavy atom. The number of benzene rings is 7. The fourth-order valence-corrected chi connectivity index (χ4v) is 13.2. The van der Waals surface area contributed by atoms with Gasteiger partial charge in [-0.15, -0.1) is 16.4 Å². The number of imide groups is 1. The number of hydrogen-bond donors (Lipinski definition) is 1. The van der Waals surface area contributed by atoms with Gasteiger partial charge in [0.25, 0.3) is 26.0 Å². The molecule has 91 heavy (non-hydrogen) atoms. The van der Waals surface area contributed by atoms with E-state index < -0.39 is 79.5 Å². The molecule has 2 aromatic heterocycles. The zero-order valence-corrected chi connectivity index (χ0v) is 52.7. The van der Waals surface area contributed by atoms with Crippen LogP contribution < -0.4 is 23.7 Å². The van der Waals surface area contributed by atoms with E-state index in [2.05, 4.69) is 20.0 Å². The summed E-state index contributed by atoms with van der Waals surface area (Å²) in [7, 11) is -4.43. The van der Waals surface area contributed by atoms with E-state index in [1.807, 2.05) is 37.3 Å². The molecule has 26 heteroatoms. The number of alkyl halides is 3. The maximum atomic E-state index is 15.4. The molecule has 0 radical (unpaired) electrons. The molecule has 1 N–H and O–H groups in total. The van der Waals surface area contributed by atoms with E-state index in [9.17, 15) is 39.6 Å². The molecule has 0 fully saturated rings. The van der Waals surface area contributed by atoms with Crippen LogP contribution in [-0.4, -0.2) is 106 Å². The molecule has 0 aliphatic heterocycles. The lowest BCUT2D eigenvalue weighted by molar-refractivity contribution is -0.153. The molecule has 476 valence electrons. The standard InChI is InChI=1S/C65H63F3N6O14S3/c1-42-13-32-54(33-14-42)91(80,81)87-36-35-85-52-25-17-44(18-26-52)37-56(59(75)74(62(77)88-63(2,3)4)57(60(76)84-7)38-43-15-19-48(20-16-43)65(66,67)68)73-40-49(70-72-73)41-86-53-31-34-55-58(39-53)89-61(69-55)90(78,79)71-64(45-11-9-8-10-12-45,46-21-27-50(82-5)28-22-46)47-23-29-51(83-6)30-24-47/h8-34,39-40,56-57,71H,35-38,41H2,1-7H3/t56-,57-/m0/s1. The first-order valence-corrected chi connectivity index (χ1v) is 31.8. The van der Waals surface area contributed by atoms with Gasteiger partial charge in [0, 0.05) is 12.8 Å². The number of methoxy groups -OCH3 is 3. The Bertz CT molecular complexity index is 4180. The number of halogens is 3. The average Bonchev–Trinajstić information content (AvgIpc) is 1.53. The van der Waals surface area contributed by atoms with E-state index in [1.54, 1.807) is 103 Å². The molecule has 0 saturated carbocycles. The van der Waals surface area contributed by atoms with Crippen molar-refractivity contribution in [3.05, 3.63) is 221 Å². The minimum Gasteiger partial charge on any atom is -0.497 e. The van der Waals surface area contributed by atoms with Gasteiger partial charge >= 0.3 is 18.2 Å². The zero-order valence-electron chi connectivity index (χ0n) is 50.2. The van der Waals surface area contributed by atoms with Crippen LogP contribution in [0.25, 0.3) is 10.2 Å². The lowest BCUT2D eigenvalue weighted by atomic mass is 9.78. The maximum absolute atomic E-state index is 15.4. The maximum Gasteiger partial charge on any atom is 0.417 e. The third-order valence-electron chi connectivity index (χ3n) is 14.2. The monoisotopic (exact) mass is 1300 g/mol. The molecule has 9 aromatic rings. The van der Waals surface area contributed by atoms with Crippen molar-refractivity contribution in [1.82, 2.24) is 29.6 Å². The quantitative estimate of drug-likeness (QED) is 0.0242. The summed E-state index contributed by atoms with van der Waals surface area (Å²) in [6.45, 7) is 5.67. The summed E-state index contributed by atoms with van der Waals surface area (Å²) < 4.78 is 139. The highest BCUT2D eigenvalue weighted by molar-refractivity contribution is 7.91. The van der Waals surface area contributed by atoms with Gasteiger partial charge in [0.2, 0.25) is 4.34 Å². The molecule has 0 aliphatic carbocycles. The van der Waals surface area contributed by atoms with Crippen LogP contribution in [0, 0.1) is 6.92 Å². The van der Waals surface area contributed by atoms with Crippen LogP contribution in [0.5, 0.6) is 23.0 Å². The number of hydrogen-bond acceptors (Lipinski definition) is 18. The lowest BCUT2D eigenvalue weighted by Crippen LogP contribution is -2.54. The highest BCUT2D eigenvalue weighted by Crippen LogP contribution is 2.41. The number of esters is 1. The molecule has 2 heterocycles. The third-order valence-corrected chi connectivity index (χ3v) is 18.4. The number of carbonyl (C=O) groups is 3. The van der Waals surface area contributed by atoms with Crippen molar-refractivity contribution in [1.29, 1.82) is 0 Å². The van der Waals surface area contributed by atoms with Gasteiger partial charge in [0.15, 0.2) is 0 Å². The number of nitrogens with one attached hydrogen (secondary N) is 1. The molecule has 0 unspecified atom stereocenters. The number of rotatable bonds is 25. The average molecular weight is 1310 g/mol. The zero-order chi connectivity index (χ0) is 65.3. The Morgan fingerprint density at radius 1 is 0.659 bits per heavy atom. The summed E-state index contributed by atoms with van der Waals surface area (Å²) >= 11 is 0.905. The fraction of sp³-hybridized carbons (Fsp3) is 0.262. The number of aromatic nitrogens is 4. The summed E-state index contributed by atoms with van der Waals surface area (Å²) in [5.41, 5.74) is 0.0492. The molecule has 7 aromatic carbocycles. The van der Waals surface area contributed by atoms with Gasteiger partial charge in [-0.05, 0) is 134 Å². The number of sulfonamides is 1. The predicted octanol–water partition coefficient (Wildman–Crippen LogP) is 11.2. The van der Waals surface area contributed by atoms with Gasteiger partial charge in [-0.25, -0.2) is 32.6 Å². The van der Waals surface area contributed by atoms with Crippen molar-refractivity contribution in [2.75, 3.05) is 34.5 Å². The first kappa shape index (κ1) is 66.2. The van der Waals surface area contributed by atoms with Gasteiger partial charge in [-0.3, -0.25) is 8.98 Å². The van der Waals surface area contributed by atoms with E-state index in [4.69, 9.17) is 32.6 Å². The Kier molecular flexibility index (Phi) is 20.3. The van der Waals surface area contributed by atoms with Gasteiger partial charge < -0.3 is 28.4 Å². The molecular formula is C65H63F3N6O14S3. The Balaban J connectivity index is 0.996. The molecule has 0 spiro atoms. The Morgan fingerprint density at radius 2 is 1.22 bits per heavy atom. The molecule has 2 amide bonds. The van der Waals surface area contributed by atoms with Crippen LogP contribution in [-0.2, 0) is 74.6 Å². The molecular weight excluding hydrogens is 1240 g/mol.